The molecule has 4 heteroatoms. The molecule has 0 spiro atoms. The van der Waals surface area contributed by atoms with Crippen molar-refractivity contribution >= 4 is 15.9 Å². The number of rotatable bonds is 6. The SMILES string of the molecule is CC(C)C(CN(C)C)NCc1ccc(Br)cn1. The first-order valence-corrected chi connectivity index (χ1v) is 6.77. The van der Waals surface area contributed by atoms with Gasteiger partial charge in [0.05, 0.1) is 5.69 Å². The molecule has 0 aliphatic rings. The number of likely N-dealkylation sites (N-methyl/N-ethyl adjacent to an activating group) is 1. The van der Waals surface area contributed by atoms with Crippen LogP contribution in [0.3, 0.4) is 0 Å². The maximum Gasteiger partial charge on any atom is 0.0542 e. The lowest BCUT2D eigenvalue weighted by Gasteiger charge is -2.25. The first-order valence-electron chi connectivity index (χ1n) is 5.97. The second kappa shape index (κ2) is 7.09. The summed E-state index contributed by atoms with van der Waals surface area (Å²) in [6.07, 6.45) is 1.84. The van der Waals surface area contributed by atoms with Gasteiger partial charge in [-0.1, -0.05) is 13.8 Å². The van der Waals surface area contributed by atoms with Gasteiger partial charge in [0.25, 0.3) is 0 Å². The molecule has 96 valence electrons. The summed E-state index contributed by atoms with van der Waals surface area (Å²) in [5.74, 6) is 0.618. The zero-order chi connectivity index (χ0) is 12.8. The second-order valence-electron chi connectivity index (χ2n) is 4.96. The molecule has 3 nitrogen and oxygen atoms in total. The number of nitrogens with one attached hydrogen (secondary N) is 1. The quantitative estimate of drug-likeness (QED) is 0.875. The van der Waals surface area contributed by atoms with Crippen molar-refractivity contribution in [3.05, 3.63) is 28.5 Å². The molecule has 0 bridgehead atoms. The minimum absolute atomic E-state index is 0.496. The van der Waals surface area contributed by atoms with Gasteiger partial charge in [-0.3, -0.25) is 4.98 Å². The van der Waals surface area contributed by atoms with Crippen LogP contribution in [0.4, 0.5) is 0 Å². The summed E-state index contributed by atoms with van der Waals surface area (Å²) in [7, 11) is 4.21. The number of nitrogens with zero attached hydrogens (tertiary/aromatic N) is 2. The maximum atomic E-state index is 4.37. The third kappa shape index (κ3) is 5.61. The van der Waals surface area contributed by atoms with Crippen LogP contribution in [0, 0.1) is 5.92 Å². The topological polar surface area (TPSA) is 28.2 Å². The van der Waals surface area contributed by atoms with Gasteiger partial charge in [0.15, 0.2) is 0 Å². The van der Waals surface area contributed by atoms with Crippen molar-refractivity contribution in [3.8, 4) is 0 Å². The summed E-state index contributed by atoms with van der Waals surface area (Å²) < 4.78 is 1.02. The van der Waals surface area contributed by atoms with E-state index >= 15 is 0 Å². The van der Waals surface area contributed by atoms with Gasteiger partial charge in [-0.2, -0.15) is 0 Å². The van der Waals surface area contributed by atoms with E-state index in [1.54, 1.807) is 0 Å². The molecule has 1 aromatic heterocycles. The fourth-order valence-corrected chi connectivity index (χ4v) is 1.89. The molecule has 1 aromatic rings. The predicted octanol–water partition coefficient (Wildman–Crippen LogP) is 2.52. The van der Waals surface area contributed by atoms with Crippen molar-refractivity contribution in [2.24, 2.45) is 5.92 Å². The van der Waals surface area contributed by atoms with Crippen LogP contribution >= 0.6 is 15.9 Å². The van der Waals surface area contributed by atoms with Crippen LogP contribution in [-0.2, 0) is 6.54 Å². The summed E-state index contributed by atoms with van der Waals surface area (Å²) in [6, 6.07) is 4.57. The molecule has 17 heavy (non-hydrogen) atoms. The average Bonchev–Trinajstić information content (AvgIpc) is 2.25. The molecule has 0 fully saturated rings. The Morgan fingerprint density at radius 2 is 2.06 bits per heavy atom. The summed E-state index contributed by atoms with van der Waals surface area (Å²) in [6.45, 7) is 6.37. The van der Waals surface area contributed by atoms with Crippen LogP contribution < -0.4 is 5.32 Å². The Bertz CT molecular complexity index is 322. The molecule has 1 heterocycles. The summed E-state index contributed by atoms with van der Waals surface area (Å²) in [5.41, 5.74) is 1.08. The van der Waals surface area contributed by atoms with Crippen LogP contribution in [-0.4, -0.2) is 36.6 Å². The molecule has 1 rings (SSSR count). The van der Waals surface area contributed by atoms with Gasteiger partial charge in [-0.25, -0.2) is 0 Å². The summed E-state index contributed by atoms with van der Waals surface area (Å²) in [5, 5.41) is 3.57. The highest BCUT2D eigenvalue weighted by Gasteiger charge is 2.13. The van der Waals surface area contributed by atoms with Crippen LogP contribution in [0.15, 0.2) is 22.8 Å². The Balaban J connectivity index is 2.48. The minimum atomic E-state index is 0.496. The highest BCUT2D eigenvalue weighted by molar-refractivity contribution is 9.10. The first-order chi connectivity index (χ1) is 7.99. The monoisotopic (exact) mass is 299 g/mol. The maximum absolute atomic E-state index is 4.37. The van der Waals surface area contributed by atoms with Crippen molar-refractivity contribution in [2.75, 3.05) is 20.6 Å². The van der Waals surface area contributed by atoms with E-state index in [-0.39, 0.29) is 0 Å². The molecule has 0 saturated carbocycles. The van der Waals surface area contributed by atoms with E-state index in [1.165, 1.54) is 0 Å². The van der Waals surface area contributed by atoms with Gasteiger partial charge in [0.2, 0.25) is 0 Å². The van der Waals surface area contributed by atoms with Crippen LogP contribution in [0.2, 0.25) is 0 Å². The Hall–Kier alpha value is -0.450. The number of hydrogen-bond acceptors (Lipinski definition) is 3. The van der Waals surface area contributed by atoms with Crippen LogP contribution in [0.25, 0.3) is 0 Å². The van der Waals surface area contributed by atoms with E-state index < -0.39 is 0 Å². The molecule has 1 atom stereocenters. The van der Waals surface area contributed by atoms with Gasteiger partial charge < -0.3 is 10.2 Å². The third-order valence-corrected chi connectivity index (χ3v) is 3.17. The van der Waals surface area contributed by atoms with Crippen molar-refractivity contribution in [2.45, 2.75) is 26.4 Å². The van der Waals surface area contributed by atoms with Gasteiger partial charge in [0.1, 0.15) is 0 Å². The Labute approximate surface area is 113 Å². The molecule has 1 unspecified atom stereocenters. The van der Waals surface area contributed by atoms with E-state index in [4.69, 9.17) is 0 Å². The van der Waals surface area contributed by atoms with Gasteiger partial charge in [-0.15, -0.1) is 0 Å². The standard InChI is InChI=1S/C13H22BrN3/c1-10(2)13(9-17(3)4)16-8-12-6-5-11(14)7-15-12/h5-7,10,13,16H,8-9H2,1-4H3. The molecule has 0 aromatic carbocycles. The van der Waals surface area contributed by atoms with Gasteiger partial charge in [-0.05, 0) is 48.1 Å². The van der Waals surface area contributed by atoms with Crippen molar-refractivity contribution in [1.82, 2.24) is 15.2 Å². The molecule has 0 amide bonds. The van der Waals surface area contributed by atoms with Crippen LogP contribution in [0.1, 0.15) is 19.5 Å². The highest BCUT2D eigenvalue weighted by Crippen LogP contribution is 2.08. The largest absolute Gasteiger partial charge is 0.308 e. The predicted molar refractivity (Wildman–Crippen MR) is 76.0 cm³/mol. The minimum Gasteiger partial charge on any atom is -0.308 e. The van der Waals surface area contributed by atoms with E-state index in [0.29, 0.717) is 12.0 Å². The lowest BCUT2D eigenvalue weighted by Crippen LogP contribution is -2.41. The number of pyridine rings is 1. The molecule has 0 aliphatic heterocycles. The smallest absolute Gasteiger partial charge is 0.0542 e. The molecular formula is C13H22BrN3. The fourth-order valence-electron chi connectivity index (χ4n) is 1.65. The van der Waals surface area contributed by atoms with Crippen LogP contribution in [0.5, 0.6) is 0 Å². The molecule has 1 N–H and O–H groups in total. The molecule has 0 aliphatic carbocycles. The van der Waals surface area contributed by atoms with E-state index in [2.05, 4.69) is 59.1 Å². The average molecular weight is 300 g/mol. The summed E-state index contributed by atoms with van der Waals surface area (Å²) >= 11 is 3.39. The Morgan fingerprint density at radius 1 is 1.35 bits per heavy atom. The lowest BCUT2D eigenvalue weighted by molar-refractivity contribution is 0.287. The second-order valence-corrected chi connectivity index (χ2v) is 5.88. The number of aromatic nitrogens is 1. The first kappa shape index (κ1) is 14.6. The molecule has 0 radical (unpaired) electrons. The fraction of sp³-hybridized carbons (Fsp3) is 0.615. The van der Waals surface area contributed by atoms with Crippen molar-refractivity contribution in [1.29, 1.82) is 0 Å². The van der Waals surface area contributed by atoms with Gasteiger partial charge in [0, 0.05) is 29.8 Å². The zero-order valence-corrected chi connectivity index (χ0v) is 12.7. The lowest BCUT2D eigenvalue weighted by atomic mass is 10.0. The van der Waals surface area contributed by atoms with Gasteiger partial charge >= 0.3 is 0 Å². The molecular weight excluding hydrogens is 278 g/mol. The zero-order valence-electron chi connectivity index (χ0n) is 11.1. The summed E-state index contributed by atoms with van der Waals surface area (Å²) in [4.78, 5) is 6.58. The Morgan fingerprint density at radius 3 is 2.53 bits per heavy atom. The Kier molecular flexibility index (Phi) is 6.09. The van der Waals surface area contributed by atoms with E-state index in [9.17, 15) is 0 Å². The van der Waals surface area contributed by atoms with Crippen molar-refractivity contribution < 1.29 is 0 Å². The normalized spacial score (nSPS) is 13.4. The molecule has 0 saturated heterocycles. The number of halogens is 1. The van der Waals surface area contributed by atoms with E-state index in [0.717, 1.165) is 23.3 Å². The highest BCUT2D eigenvalue weighted by atomic mass is 79.9. The number of hydrogen-bond donors (Lipinski definition) is 1. The van der Waals surface area contributed by atoms with E-state index in [1.807, 2.05) is 18.3 Å². The van der Waals surface area contributed by atoms with Crippen molar-refractivity contribution in [3.63, 3.8) is 0 Å². The third-order valence-electron chi connectivity index (χ3n) is 2.70.